The highest BCUT2D eigenvalue weighted by Crippen LogP contribution is 2.34. The largest absolute Gasteiger partial charge is 0.391 e. The summed E-state index contributed by atoms with van der Waals surface area (Å²) in [6.07, 6.45) is -2.81. The highest BCUT2D eigenvalue weighted by Gasteiger charge is 2.41. The van der Waals surface area contributed by atoms with Crippen LogP contribution in [0.1, 0.15) is 12.8 Å². The molecule has 1 atom stereocenters. The topological polar surface area (TPSA) is 49.4 Å². The van der Waals surface area contributed by atoms with Crippen LogP contribution in [0.3, 0.4) is 0 Å². The van der Waals surface area contributed by atoms with Gasteiger partial charge in [0.15, 0.2) is 0 Å². The number of likely N-dealkylation sites (tertiary alicyclic amines) is 1. The van der Waals surface area contributed by atoms with Gasteiger partial charge >= 0.3 is 12.2 Å². The van der Waals surface area contributed by atoms with E-state index in [9.17, 15) is 22.2 Å². The fourth-order valence-electron chi connectivity index (χ4n) is 2.37. The Morgan fingerprint density at radius 2 is 1.95 bits per heavy atom. The molecule has 4 nitrogen and oxygen atoms in total. The summed E-state index contributed by atoms with van der Waals surface area (Å²) in [6.45, 7) is 0.158. The Balaban J connectivity index is 1.94. The van der Waals surface area contributed by atoms with Crippen LogP contribution in [0.15, 0.2) is 29.2 Å². The number of urea groups is 1. The molecule has 1 aliphatic heterocycles. The maximum Gasteiger partial charge on any atom is 0.391 e. The van der Waals surface area contributed by atoms with E-state index < -0.39 is 28.9 Å². The van der Waals surface area contributed by atoms with Crippen molar-refractivity contribution in [3.05, 3.63) is 24.3 Å². The molecule has 0 spiro atoms. The Morgan fingerprint density at radius 3 is 2.50 bits per heavy atom. The quantitative estimate of drug-likeness (QED) is 0.903. The SMILES string of the molecule is CS(=O)c1cccc(NC(=O)N2CCC(C(F)(F)F)CC2)c1. The summed E-state index contributed by atoms with van der Waals surface area (Å²) in [4.78, 5) is 14.0. The molecular weight excluding hydrogens is 317 g/mol. The van der Waals surface area contributed by atoms with E-state index in [1.54, 1.807) is 24.3 Å². The molecule has 0 aromatic heterocycles. The van der Waals surface area contributed by atoms with Gasteiger partial charge in [0.2, 0.25) is 0 Å². The number of nitrogens with zero attached hydrogens (tertiary/aromatic N) is 1. The molecule has 22 heavy (non-hydrogen) atoms. The minimum Gasteiger partial charge on any atom is -0.325 e. The van der Waals surface area contributed by atoms with Crippen LogP contribution in [-0.4, -0.2) is 40.7 Å². The van der Waals surface area contributed by atoms with Gasteiger partial charge in [-0.05, 0) is 31.0 Å². The molecule has 8 heteroatoms. The maximum absolute atomic E-state index is 12.6. The highest BCUT2D eigenvalue weighted by atomic mass is 32.2. The van der Waals surface area contributed by atoms with Crippen molar-refractivity contribution in [2.75, 3.05) is 24.7 Å². The first-order valence-corrected chi connectivity index (χ1v) is 8.39. The molecule has 1 aromatic carbocycles. The van der Waals surface area contributed by atoms with E-state index in [0.717, 1.165) is 0 Å². The van der Waals surface area contributed by atoms with Gasteiger partial charge in [0, 0.05) is 40.7 Å². The smallest absolute Gasteiger partial charge is 0.325 e. The first-order valence-electron chi connectivity index (χ1n) is 6.83. The number of piperidine rings is 1. The van der Waals surface area contributed by atoms with Crippen molar-refractivity contribution in [3.63, 3.8) is 0 Å². The average molecular weight is 334 g/mol. The second kappa shape index (κ2) is 6.68. The van der Waals surface area contributed by atoms with Gasteiger partial charge in [-0.25, -0.2) is 4.79 Å². The van der Waals surface area contributed by atoms with Gasteiger partial charge in [-0.1, -0.05) is 6.07 Å². The predicted octanol–water partition coefficient (Wildman–Crippen LogP) is 3.23. The molecule has 0 saturated carbocycles. The predicted molar refractivity (Wildman–Crippen MR) is 78.1 cm³/mol. The number of hydrogen-bond acceptors (Lipinski definition) is 2. The number of anilines is 1. The molecule has 1 aliphatic rings. The lowest BCUT2D eigenvalue weighted by Crippen LogP contribution is -2.43. The molecule has 1 heterocycles. The molecule has 0 aliphatic carbocycles. The number of nitrogens with one attached hydrogen (secondary N) is 1. The van der Waals surface area contributed by atoms with Crippen LogP contribution in [0.2, 0.25) is 0 Å². The second-order valence-electron chi connectivity index (χ2n) is 5.22. The van der Waals surface area contributed by atoms with Gasteiger partial charge in [-0.2, -0.15) is 13.2 Å². The first-order chi connectivity index (χ1) is 10.3. The second-order valence-corrected chi connectivity index (χ2v) is 6.59. The molecule has 0 bridgehead atoms. The van der Waals surface area contributed by atoms with E-state index in [-0.39, 0.29) is 25.9 Å². The number of alkyl halides is 3. The van der Waals surface area contributed by atoms with Crippen LogP contribution < -0.4 is 5.32 Å². The minimum atomic E-state index is -4.19. The molecular formula is C14H17F3N2O2S. The number of halogens is 3. The van der Waals surface area contributed by atoms with E-state index >= 15 is 0 Å². The highest BCUT2D eigenvalue weighted by molar-refractivity contribution is 7.84. The zero-order valence-corrected chi connectivity index (χ0v) is 12.8. The van der Waals surface area contributed by atoms with E-state index in [1.807, 2.05) is 0 Å². The van der Waals surface area contributed by atoms with E-state index in [1.165, 1.54) is 11.2 Å². The van der Waals surface area contributed by atoms with Crippen LogP contribution in [0.5, 0.6) is 0 Å². The molecule has 1 aromatic rings. The van der Waals surface area contributed by atoms with Crippen molar-refractivity contribution < 1.29 is 22.2 Å². The molecule has 1 fully saturated rings. The van der Waals surface area contributed by atoms with Crippen molar-refractivity contribution in [3.8, 4) is 0 Å². The van der Waals surface area contributed by atoms with Crippen molar-refractivity contribution in [1.29, 1.82) is 0 Å². The normalized spacial score (nSPS) is 18.1. The molecule has 1 unspecified atom stereocenters. The lowest BCUT2D eigenvalue weighted by molar-refractivity contribution is -0.183. The molecule has 2 amide bonds. The average Bonchev–Trinajstić information content (AvgIpc) is 2.46. The zero-order valence-electron chi connectivity index (χ0n) is 12.0. The summed E-state index contributed by atoms with van der Waals surface area (Å²) in [6, 6.07) is 6.16. The van der Waals surface area contributed by atoms with Crippen LogP contribution in [0.25, 0.3) is 0 Å². The monoisotopic (exact) mass is 334 g/mol. The molecule has 2 rings (SSSR count). The van der Waals surface area contributed by atoms with Crippen LogP contribution in [0, 0.1) is 5.92 Å². The molecule has 122 valence electrons. The van der Waals surface area contributed by atoms with Gasteiger partial charge in [-0.3, -0.25) is 4.21 Å². The molecule has 1 N–H and O–H groups in total. The summed E-state index contributed by atoms with van der Waals surface area (Å²) in [5.74, 6) is -1.33. The van der Waals surface area contributed by atoms with Gasteiger partial charge in [-0.15, -0.1) is 0 Å². The van der Waals surface area contributed by atoms with Crippen molar-refractivity contribution in [2.24, 2.45) is 5.92 Å². The summed E-state index contributed by atoms with van der Waals surface area (Å²) in [5.41, 5.74) is 0.482. The number of carbonyl (C=O) groups excluding carboxylic acids is 1. The third-order valence-electron chi connectivity index (χ3n) is 3.66. The van der Waals surface area contributed by atoms with Gasteiger partial charge in [0.25, 0.3) is 0 Å². The van der Waals surface area contributed by atoms with Crippen molar-refractivity contribution in [1.82, 2.24) is 4.90 Å². The number of rotatable bonds is 2. The minimum absolute atomic E-state index is 0.0735. The van der Waals surface area contributed by atoms with Crippen LogP contribution in [-0.2, 0) is 10.8 Å². The van der Waals surface area contributed by atoms with Gasteiger partial charge in [0.1, 0.15) is 0 Å². The number of benzene rings is 1. The van der Waals surface area contributed by atoms with Crippen LogP contribution in [0.4, 0.5) is 23.7 Å². The van der Waals surface area contributed by atoms with Crippen LogP contribution >= 0.6 is 0 Å². The fourth-order valence-corrected chi connectivity index (χ4v) is 2.93. The zero-order chi connectivity index (χ0) is 16.3. The summed E-state index contributed by atoms with van der Waals surface area (Å²) in [5, 5.41) is 2.63. The fraction of sp³-hybridized carbons (Fsp3) is 0.500. The Morgan fingerprint density at radius 1 is 1.32 bits per heavy atom. The van der Waals surface area contributed by atoms with Gasteiger partial charge < -0.3 is 10.2 Å². The summed E-state index contributed by atoms with van der Waals surface area (Å²) in [7, 11) is -1.16. The Labute approximate surface area is 129 Å². The first kappa shape index (κ1) is 16.8. The van der Waals surface area contributed by atoms with E-state index in [4.69, 9.17) is 0 Å². The van der Waals surface area contributed by atoms with Crippen molar-refractivity contribution in [2.45, 2.75) is 23.9 Å². The van der Waals surface area contributed by atoms with Gasteiger partial charge in [0.05, 0.1) is 5.92 Å². The standard InChI is InChI=1S/C14H17F3N2O2S/c1-22(21)12-4-2-3-11(9-12)18-13(20)19-7-5-10(6-8-19)14(15,16)17/h2-4,9-10H,5-8H2,1H3,(H,18,20). The third-order valence-corrected chi connectivity index (χ3v) is 4.58. The number of amides is 2. The number of carbonyl (C=O) groups is 1. The Hall–Kier alpha value is -1.57. The summed E-state index contributed by atoms with van der Waals surface area (Å²) >= 11 is 0. The maximum atomic E-state index is 12.6. The number of hydrogen-bond donors (Lipinski definition) is 1. The lowest BCUT2D eigenvalue weighted by Gasteiger charge is -2.32. The molecule has 0 radical (unpaired) electrons. The Bertz CT molecular complexity index is 569. The van der Waals surface area contributed by atoms with Crippen molar-refractivity contribution >= 4 is 22.5 Å². The Kier molecular flexibility index (Phi) is 5.10. The third kappa shape index (κ3) is 4.22. The van der Waals surface area contributed by atoms with E-state index in [0.29, 0.717) is 10.6 Å². The molecule has 1 saturated heterocycles. The lowest BCUT2D eigenvalue weighted by atomic mass is 9.96. The summed E-state index contributed by atoms with van der Waals surface area (Å²) < 4.78 is 49.2. The van der Waals surface area contributed by atoms with E-state index in [2.05, 4.69) is 5.32 Å².